The van der Waals surface area contributed by atoms with Gasteiger partial charge in [-0.15, -0.1) is 0 Å². The number of carbonyl (C=O) groups excluding carboxylic acids is 1. The van der Waals surface area contributed by atoms with Gasteiger partial charge in [-0.05, 0) is 42.3 Å². The molecule has 0 fully saturated rings. The number of benzene rings is 2. The summed E-state index contributed by atoms with van der Waals surface area (Å²) in [5.74, 6) is 0.733. The third kappa shape index (κ3) is 3.47. The SMILES string of the molecule is COc1ccc(C=Cc2cc(OC)c(O)c(C(C)=O)c2)cc1. The maximum absolute atomic E-state index is 11.6. The van der Waals surface area contributed by atoms with Crippen LogP contribution >= 0.6 is 0 Å². The van der Waals surface area contributed by atoms with Gasteiger partial charge >= 0.3 is 0 Å². The predicted molar refractivity (Wildman–Crippen MR) is 86.6 cm³/mol. The van der Waals surface area contributed by atoms with Gasteiger partial charge in [-0.1, -0.05) is 24.3 Å². The number of aromatic hydroxyl groups is 1. The van der Waals surface area contributed by atoms with Gasteiger partial charge in [0.2, 0.25) is 0 Å². The van der Waals surface area contributed by atoms with Crippen LogP contribution in [0.3, 0.4) is 0 Å². The predicted octanol–water partition coefficient (Wildman–Crippen LogP) is 3.78. The first-order valence-electron chi connectivity index (χ1n) is 6.79. The van der Waals surface area contributed by atoms with E-state index in [0.717, 1.165) is 16.9 Å². The van der Waals surface area contributed by atoms with E-state index in [1.807, 2.05) is 36.4 Å². The molecule has 0 saturated carbocycles. The number of Topliss-reactive ketones (excluding diaryl/α,β-unsaturated/α-hetero) is 1. The number of hydrogen-bond donors (Lipinski definition) is 1. The number of rotatable bonds is 5. The number of phenols is 1. The summed E-state index contributed by atoms with van der Waals surface area (Å²) in [5, 5.41) is 9.94. The molecule has 0 aromatic heterocycles. The van der Waals surface area contributed by atoms with Crippen molar-refractivity contribution < 1.29 is 19.4 Å². The van der Waals surface area contributed by atoms with Crippen molar-refractivity contribution in [1.82, 2.24) is 0 Å². The van der Waals surface area contributed by atoms with Crippen molar-refractivity contribution in [3.8, 4) is 17.2 Å². The summed E-state index contributed by atoms with van der Waals surface area (Å²) < 4.78 is 10.2. The van der Waals surface area contributed by atoms with Crippen molar-refractivity contribution in [2.45, 2.75) is 6.92 Å². The van der Waals surface area contributed by atoms with Crippen LogP contribution in [0.4, 0.5) is 0 Å². The molecule has 0 spiro atoms. The average molecular weight is 298 g/mol. The maximum Gasteiger partial charge on any atom is 0.168 e. The van der Waals surface area contributed by atoms with Gasteiger partial charge in [0, 0.05) is 0 Å². The highest BCUT2D eigenvalue weighted by Crippen LogP contribution is 2.32. The van der Waals surface area contributed by atoms with Crippen LogP contribution < -0.4 is 9.47 Å². The molecule has 0 aliphatic rings. The van der Waals surface area contributed by atoms with Gasteiger partial charge in [0.25, 0.3) is 0 Å². The zero-order valence-corrected chi connectivity index (χ0v) is 12.8. The summed E-state index contributed by atoms with van der Waals surface area (Å²) in [5.41, 5.74) is 2.02. The number of hydrogen-bond acceptors (Lipinski definition) is 4. The van der Waals surface area contributed by atoms with Crippen molar-refractivity contribution in [2.75, 3.05) is 14.2 Å². The van der Waals surface area contributed by atoms with Crippen LogP contribution in [-0.2, 0) is 0 Å². The Morgan fingerprint density at radius 2 is 1.64 bits per heavy atom. The Bertz CT molecular complexity index is 700. The molecule has 0 atom stereocenters. The Balaban J connectivity index is 2.33. The van der Waals surface area contributed by atoms with Gasteiger partial charge in [0.05, 0.1) is 19.8 Å². The Morgan fingerprint density at radius 1 is 1.00 bits per heavy atom. The van der Waals surface area contributed by atoms with Crippen LogP contribution in [0.2, 0.25) is 0 Å². The summed E-state index contributed by atoms with van der Waals surface area (Å²) in [4.78, 5) is 11.6. The number of ether oxygens (including phenoxy) is 2. The minimum absolute atomic E-state index is 0.128. The second-order valence-corrected chi connectivity index (χ2v) is 4.78. The summed E-state index contributed by atoms with van der Waals surface area (Å²) in [6.07, 6.45) is 3.77. The van der Waals surface area contributed by atoms with Crippen LogP contribution in [0, 0.1) is 0 Å². The standard InChI is InChI=1S/C18H18O4/c1-12(19)16-10-14(11-17(22-3)18(16)20)5-4-13-6-8-15(21-2)9-7-13/h4-11,20H,1-3H3. The first-order valence-corrected chi connectivity index (χ1v) is 6.79. The normalized spacial score (nSPS) is 10.7. The lowest BCUT2D eigenvalue weighted by molar-refractivity contribution is 0.101. The maximum atomic E-state index is 11.6. The third-order valence-corrected chi connectivity index (χ3v) is 3.28. The Morgan fingerprint density at radius 3 is 2.18 bits per heavy atom. The first-order chi connectivity index (χ1) is 10.5. The van der Waals surface area contributed by atoms with E-state index in [0.29, 0.717) is 0 Å². The highest BCUT2D eigenvalue weighted by Gasteiger charge is 2.13. The van der Waals surface area contributed by atoms with Crippen molar-refractivity contribution >= 4 is 17.9 Å². The lowest BCUT2D eigenvalue weighted by Crippen LogP contribution is -1.96. The Kier molecular flexibility index (Phi) is 4.84. The quantitative estimate of drug-likeness (QED) is 0.674. The fourth-order valence-corrected chi connectivity index (χ4v) is 2.06. The van der Waals surface area contributed by atoms with Gasteiger partial charge in [-0.3, -0.25) is 4.79 Å². The van der Waals surface area contributed by atoms with Crippen molar-refractivity contribution in [3.63, 3.8) is 0 Å². The van der Waals surface area contributed by atoms with E-state index < -0.39 is 0 Å². The van der Waals surface area contributed by atoms with Crippen molar-refractivity contribution in [1.29, 1.82) is 0 Å². The molecule has 0 heterocycles. The fraction of sp³-hybridized carbons (Fsp3) is 0.167. The number of phenolic OH excluding ortho intramolecular Hbond substituents is 1. The molecule has 0 amide bonds. The number of methoxy groups -OCH3 is 2. The molecule has 0 saturated heterocycles. The molecule has 0 aliphatic heterocycles. The lowest BCUT2D eigenvalue weighted by atomic mass is 10.0. The molecule has 2 rings (SSSR count). The second kappa shape index (κ2) is 6.80. The highest BCUT2D eigenvalue weighted by atomic mass is 16.5. The van der Waals surface area contributed by atoms with Crippen LogP contribution in [0.25, 0.3) is 12.2 Å². The average Bonchev–Trinajstić information content (AvgIpc) is 2.54. The monoisotopic (exact) mass is 298 g/mol. The highest BCUT2D eigenvalue weighted by molar-refractivity contribution is 5.98. The summed E-state index contributed by atoms with van der Waals surface area (Å²) in [6, 6.07) is 10.9. The van der Waals surface area contributed by atoms with E-state index in [9.17, 15) is 9.90 Å². The molecular formula is C18H18O4. The summed E-state index contributed by atoms with van der Waals surface area (Å²) in [7, 11) is 3.08. The van der Waals surface area contributed by atoms with E-state index in [2.05, 4.69) is 0 Å². The molecule has 2 aromatic carbocycles. The second-order valence-electron chi connectivity index (χ2n) is 4.78. The minimum Gasteiger partial charge on any atom is -0.504 e. The van der Waals surface area contributed by atoms with E-state index in [1.165, 1.54) is 14.0 Å². The number of ketones is 1. The summed E-state index contributed by atoms with van der Waals surface area (Å²) in [6.45, 7) is 1.41. The van der Waals surface area contributed by atoms with E-state index >= 15 is 0 Å². The molecule has 0 aliphatic carbocycles. The van der Waals surface area contributed by atoms with Crippen LogP contribution in [0.1, 0.15) is 28.4 Å². The Hall–Kier alpha value is -2.75. The smallest absolute Gasteiger partial charge is 0.168 e. The molecule has 2 aromatic rings. The molecule has 1 N–H and O–H groups in total. The van der Waals surface area contributed by atoms with Crippen LogP contribution in [0.5, 0.6) is 17.2 Å². The fourth-order valence-electron chi connectivity index (χ4n) is 2.06. The van der Waals surface area contributed by atoms with Crippen molar-refractivity contribution in [2.24, 2.45) is 0 Å². The molecule has 0 radical (unpaired) electrons. The van der Waals surface area contributed by atoms with E-state index in [4.69, 9.17) is 9.47 Å². The van der Waals surface area contributed by atoms with Crippen LogP contribution in [0.15, 0.2) is 36.4 Å². The molecule has 4 heteroatoms. The van der Waals surface area contributed by atoms with Crippen LogP contribution in [-0.4, -0.2) is 25.1 Å². The van der Waals surface area contributed by atoms with Gasteiger partial charge in [0.15, 0.2) is 17.3 Å². The van der Waals surface area contributed by atoms with Gasteiger partial charge in [0.1, 0.15) is 5.75 Å². The number of carbonyl (C=O) groups is 1. The van der Waals surface area contributed by atoms with Gasteiger partial charge < -0.3 is 14.6 Å². The summed E-state index contributed by atoms with van der Waals surface area (Å²) >= 11 is 0. The lowest BCUT2D eigenvalue weighted by Gasteiger charge is -2.08. The topological polar surface area (TPSA) is 55.8 Å². The van der Waals surface area contributed by atoms with E-state index in [-0.39, 0.29) is 22.8 Å². The molecule has 22 heavy (non-hydrogen) atoms. The molecule has 4 nitrogen and oxygen atoms in total. The molecule has 0 bridgehead atoms. The zero-order chi connectivity index (χ0) is 16.1. The van der Waals surface area contributed by atoms with Gasteiger partial charge in [-0.2, -0.15) is 0 Å². The minimum atomic E-state index is -0.213. The van der Waals surface area contributed by atoms with Crippen molar-refractivity contribution in [3.05, 3.63) is 53.1 Å². The molecule has 114 valence electrons. The first kappa shape index (κ1) is 15.6. The van der Waals surface area contributed by atoms with E-state index in [1.54, 1.807) is 19.2 Å². The largest absolute Gasteiger partial charge is 0.504 e. The Labute approximate surface area is 129 Å². The zero-order valence-electron chi connectivity index (χ0n) is 12.8. The third-order valence-electron chi connectivity index (χ3n) is 3.28. The molecule has 0 unspecified atom stereocenters. The molecular weight excluding hydrogens is 280 g/mol. The van der Waals surface area contributed by atoms with Gasteiger partial charge in [-0.25, -0.2) is 0 Å².